The number of carbonyl (C=O) groups excluding carboxylic acids is 2. The van der Waals surface area contributed by atoms with E-state index in [1.54, 1.807) is 0 Å². The van der Waals surface area contributed by atoms with Gasteiger partial charge in [0.2, 0.25) is 5.91 Å². The summed E-state index contributed by atoms with van der Waals surface area (Å²) in [5.41, 5.74) is 4.69. The maximum absolute atomic E-state index is 13.5. The number of halogens is 5. The highest BCUT2D eigenvalue weighted by Gasteiger charge is 2.56. The zero-order valence-corrected chi connectivity index (χ0v) is 15.7. The molecule has 1 atom stereocenters. The molecule has 3 rings (SSSR count). The molecule has 1 unspecified atom stereocenters. The number of nitrogens with two attached hydrogens (primary N) is 1. The monoisotopic (exact) mass is 433 g/mol. The van der Waals surface area contributed by atoms with Crippen LogP contribution >= 0.6 is 34.8 Å². The fourth-order valence-electron chi connectivity index (χ4n) is 2.36. The molecule has 0 bridgehead atoms. The topological polar surface area (TPSA) is 84.2 Å². The molecule has 2 aromatic carbocycles. The molecule has 1 fully saturated rings. The second kappa shape index (κ2) is 7.14. The minimum atomic E-state index is -1.08. The zero-order valence-electron chi connectivity index (χ0n) is 13.5. The lowest BCUT2D eigenvalue weighted by Gasteiger charge is -2.11. The number of rotatable bonds is 4. The van der Waals surface area contributed by atoms with E-state index in [1.807, 2.05) is 0 Å². The summed E-state index contributed by atoms with van der Waals surface area (Å²) in [5.74, 6) is -3.68. The maximum Gasteiger partial charge on any atom is 0.257 e. The summed E-state index contributed by atoms with van der Waals surface area (Å²) < 4.78 is 25.9. The van der Waals surface area contributed by atoms with Crippen molar-refractivity contribution in [1.82, 2.24) is 0 Å². The summed E-state index contributed by atoms with van der Waals surface area (Å²) in [6, 6.07) is 5.98. The third kappa shape index (κ3) is 4.26. The Morgan fingerprint density at radius 3 is 2.22 bits per heavy atom. The van der Waals surface area contributed by atoms with Crippen LogP contribution in [0.25, 0.3) is 0 Å². The van der Waals surface area contributed by atoms with E-state index >= 15 is 0 Å². The fourth-order valence-corrected chi connectivity index (χ4v) is 3.07. The molecule has 10 heteroatoms. The minimum absolute atomic E-state index is 0.00841. The van der Waals surface area contributed by atoms with Crippen molar-refractivity contribution in [3.63, 3.8) is 0 Å². The second-order valence-corrected chi connectivity index (χ2v) is 7.96. The Morgan fingerprint density at radius 2 is 1.67 bits per heavy atom. The highest BCUT2D eigenvalue weighted by Crippen LogP contribution is 2.53. The molecule has 0 spiro atoms. The van der Waals surface area contributed by atoms with Crippen LogP contribution in [0.15, 0.2) is 30.3 Å². The van der Waals surface area contributed by atoms with Crippen molar-refractivity contribution in [2.45, 2.75) is 10.8 Å². The van der Waals surface area contributed by atoms with Gasteiger partial charge in [-0.25, -0.2) is 8.78 Å². The van der Waals surface area contributed by atoms with Crippen LogP contribution in [-0.2, 0) is 4.79 Å². The van der Waals surface area contributed by atoms with Gasteiger partial charge in [0.05, 0.1) is 16.5 Å². The van der Waals surface area contributed by atoms with E-state index in [0.29, 0.717) is 12.1 Å². The molecule has 0 radical (unpaired) electrons. The predicted molar refractivity (Wildman–Crippen MR) is 101 cm³/mol. The summed E-state index contributed by atoms with van der Waals surface area (Å²) in [4.78, 5) is 24.4. The molecule has 142 valence electrons. The molecule has 5 nitrogen and oxygen atoms in total. The normalized spacial score (nSPS) is 17.3. The predicted octanol–water partition coefficient (Wildman–Crippen LogP) is 4.59. The van der Waals surface area contributed by atoms with Gasteiger partial charge in [-0.3, -0.25) is 9.59 Å². The van der Waals surface area contributed by atoms with Crippen LogP contribution < -0.4 is 16.4 Å². The standard InChI is InChI=1S/C17H12Cl3F2N3O2/c18-11-2-1-7(24-16(27)10-6-17(10,19)20)3-9(11)15(26)25-8-4-12(21)14(23)13(22)5-8/h1-5,10H,6,23H2,(H,24,27)(H,25,26). The highest BCUT2D eigenvalue weighted by atomic mass is 35.5. The Kier molecular flexibility index (Phi) is 5.20. The third-order valence-electron chi connectivity index (χ3n) is 3.96. The first kappa shape index (κ1) is 19.7. The molecule has 1 saturated carbocycles. The molecular weight excluding hydrogens is 423 g/mol. The van der Waals surface area contributed by atoms with Crippen LogP contribution in [0.5, 0.6) is 0 Å². The van der Waals surface area contributed by atoms with E-state index < -0.39 is 39.4 Å². The van der Waals surface area contributed by atoms with Gasteiger partial charge < -0.3 is 16.4 Å². The lowest BCUT2D eigenvalue weighted by molar-refractivity contribution is -0.117. The summed E-state index contributed by atoms with van der Waals surface area (Å²) in [7, 11) is 0. The number of hydrogen-bond donors (Lipinski definition) is 3. The van der Waals surface area contributed by atoms with Gasteiger partial charge in [-0.1, -0.05) is 11.6 Å². The van der Waals surface area contributed by atoms with Crippen LogP contribution in [0.1, 0.15) is 16.8 Å². The van der Waals surface area contributed by atoms with Crippen LogP contribution in [0.4, 0.5) is 25.8 Å². The molecule has 0 aliphatic heterocycles. The first-order valence-electron chi connectivity index (χ1n) is 7.62. The van der Waals surface area contributed by atoms with Gasteiger partial charge in [0.1, 0.15) is 10.0 Å². The van der Waals surface area contributed by atoms with Crippen molar-refractivity contribution in [3.8, 4) is 0 Å². The number of benzene rings is 2. The van der Waals surface area contributed by atoms with Gasteiger partial charge in [0.25, 0.3) is 5.91 Å². The highest BCUT2D eigenvalue weighted by molar-refractivity contribution is 6.52. The van der Waals surface area contributed by atoms with Crippen molar-refractivity contribution in [2.75, 3.05) is 16.4 Å². The lowest BCUT2D eigenvalue weighted by Crippen LogP contribution is -2.18. The number of hydrogen-bond acceptors (Lipinski definition) is 3. The Labute approximate surface area is 167 Å². The molecule has 0 aromatic heterocycles. The molecule has 1 aliphatic carbocycles. The minimum Gasteiger partial charge on any atom is -0.394 e. The Bertz CT molecular complexity index is 930. The van der Waals surface area contributed by atoms with Crippen molar-refractivity contribution in [3.05, 3.63) is 52.6 Å². The van der Waals surface area contributed by atoms with Gasteiger partial charge in [-0.15, -0.1) is 23.2 Å². The van der Waals surface area contributed by atoms with E-state index in [2.05, 4.69) is 10.6 Å². The van der Waals surface area contributed by atoms with Crippen molar-refractivity contribution < 1.29 is 18.4 Å². The number of alkyl halides is 2. The van der Waals surface area contributed by atoms with Crippen LogP contribution in [0.2, 0.25) is 5.02 Å². The summed E-state index contributed by atoms with van der Waals surface area (Å²) in [6.45, 7) is 0. The number of nitrogen functional groups attached to an aromatic ring is 1. The Balaban J connectivity index is 1.77. The van der Waals surface area contributed by atoms with Gasteiger partial charge in [0, 0.05) is 11.4 Å². The van der Waals surface area contributed by atoms with E-state index in [-0.39, 0.29) is 16.3 Å². The number of nitrogens with one attached hydrogen (secondary N) is 2. The molecule has 0 saturated heterocycles. The number of amides is 2. The van der Waals surface area contributed by atoms with Crippen LogP contribution in [0.3, 0.4) is 0 Å². The number of anilines is 3. The quantitative estimate of drug-likeness (QED) is 0.486. The molecule has 0 heterocycles. The first-order valence-corrected chi connectivity index (χ1v) is 8.76. The van der Waals surface area contributed by atoms with Crippen molar-refractivity contribution in [2.24, 2.45) is 5.92 Å². The average Bonchev–Trinajstić information content (AvgIpc) is 3.23. The van der Waals surface area contributed by atoms with Crippen LogP contribution in [0, 0.1) is 17.6 Å². The smallest absolute Gasteiger partial charge is 0.257 e. The summed E-state index contributed by atoms with van der Waals surface area (Å²) >= 11 is 17.7. The number of carbonyl (C=O) groups is 2. The van der Waals surface area contributed by atoms with E-state index in [9.17, 15) is 18.4 Å². The van der Waals surface area contributed by atoms with Crippen LogP contribution in [-0.4, -0.2) is 16.1 Å². The SMILES string of the molecule is Nc1c(F)cc(NC(=O)c2cc(NC(=O)C3CC3(Cl)Cl)ccc2Cl)cc1F. The molecule has 2 amide bonds. The fraction of sp³-hybridized carbons (Fsp3) is 0.176. The Hall–Kier alpha value is -2.09. The molecule has 27 heavy (non-hydrogen) atoms. The molecule has 2 aromatic rings. The molecular formula is C17H12Cl3F2N3O2. The zero-order chi connectivity index (χ0) is 19.9. The molecule has 4 N–H and O–H groups in total. The van der Waals surface area contributed by atoms with Gasteiger partial charge in [-0.05, 0) is 36.8 Å². The van der Waals surface area contributed by atoms with Gasteiger partial charge in [0.15, 0.2) is 11.6 Å². The van der Waals surface area contributed by atoms with Gasteiger partial charge in [-0.2, -0.15) is 0 Å². The van der Waals surface area contributed by atoms with Gasteiger partial charge >= 0.3 is 0 Å². The van der Waals surface area contributed by atoms with Crippen molar-refractivity contribution in [1.29, 1.82) is 0 Å². The van der Waals surface area contributed by atoms with E-state index in [1.165, 1.54) is 18.2 Å². The summed E-state index contributed by atoms with van der Waals surface area (Å²) in [6.07, 6.45) is 0.330. The second-order valence-electron chi connectivity index (χ2n) is 6.01. The van der Waals surface area contributed by atoms with Crippen molar-refractivity contribution >= 4 is 63.7 Å². The lowest BCUT2D eigenvalue weighted by atomic mass is 10.1. The first-order chi connectivity index (χ1) is 12.6. The van der Waals surface area contributed by atoms with E-state index in [4.69, 9.17) is 40.5 Å². The third-order valence-corrected chi connectivity index (χ3v) is 5.12. The largest absolute Gasteiger partial charge is 0.394 e. The summed E-state index contributed by atoms with van der Waals surface area (Å²) in [5, 5.41) is 4.99. The Morgan fingerprint density at radius 1 is 1.07 bits per heavy atom. The van der Waals surface area contributed by atoms with E-state index in [0.717, 1.165) is 12.1 Å². The average molecular weight is 435 g/mol. The molecule has 1 aliphatic rings. The maximum atomic E-state index is 13.5.